The Morgan fingerprint density at radius 1 is 1.06 bits per heavy atom. The number of fused-ring (bicyclic) bond motifs is 1. The zero-order valence-electron chi connectivity index (χ0n) is 17.1. The van der Waals surface area contributed by atoms with E-state index >= 15 is 0 Å². The average Bonchev–Trinajstić information content (AvgIpc) is 3.51. The summed E-state index contributed by atoms with van der Waals surface area (Å²) < 4.78 is 7.65. The Labute approximate surface area is 180 Å². The van der Waals surface area contributed by atoms with Crippen LogP contribution >= 0.6 is 0 Å². The van der Waals surface area contributed by atoms with E-state index in [1.807, 2.05) is 30.3 Å². The third-order valence-corrected chi connectivity index (χ3v) is 5.98. The number of nitrogens with one attached hydrogen (secondary N) is 1. The lowest BCUT2D eigenvalue weighted by Crippen LogP contribution is -2.31. The van der Waals surface area contributed by atoms with Crippen molar-refractivity contribution < 1.29 is 14.9 Å². The van der Waals surface area contributed by atoms with Crippen LogP contribution in [0.3, 0.4) is 0 Å². The van der Waals surface area contributed by atoms with E-state index in [-0.39, 0.29) is 0 Å². The average molecular weight is 419 g/mol. The van der Waals surface area contributed by atoms with E-state index in [2.05, 4.69) is 32.1 Å². The van der Waals surface area contributed by atoms with Gasteiger partial charge in [0.1, 0.15) is 18.5 Å². The molecule has 0 radical (unpaired) electrons. The molecule has 5 rings (SSSR count). The lowest BCUT2D eigenvalue weighted by Gasteiger charge is -2.17. The van der Waals surface area contributed by atoms with Gasteiger partial charge in [0.2, 0.25) is 0 Å². The van der Waals surface area contributed by atoms with Crippen LogP contribution in [0, 0.1) is 11.8 Å². The van der Waals surface area contributed by atoms with Crippen molar-refractivity contribution in [2.45, 2.75) is 62.7 Å². The highest BCUT2D eigenvalue weighted by Crippen LogP contribution is 2.33. The SMILES string of the molecule is O[C@@H]1[C@H](O)[C@@H](CC#Cc2ccccc2)O[C@H]1n1cnc2c(NC3CCCC3)ncnc21. The molecule has 1 aliphatic carbocycles. The molecule has 0 amide bonds. The van der Waals surface area contributed by atoms with Crippen molar-refractivity contribution in [3.63, 3.8) is 0 Å². The van der Waals surface area contributed by atoms with Gasteiger partial charge in [-0.15, -0.1) is 0 Å². The summed E-state index contributed by atoms with van der Waals surface area (Å²) in [5.74, 6) is 6.79. The van der Waals surface area contributed by atoms with E-state index < -0.39 is 24.5 Å². The summed E-state index contributed by atoms with van der Waals surface area (Å²) in [7, 11) is 0. The first-order chi connectivity index (χ1) is 15.2. The summed E-state index contributed by atoms with van der Waals surface area (Å²) >= 11 is 0. The maximum Gasteiger partial charge on any atom is 0.167 e. The number of anilines is 1. The zero-order chi connectivity index (χ0) is 21.2. The molecule has 2 fully saturated rings. The summed E-state index contributed by atoms with van der Waals surface area (Å²) in [5, 5.41) is 24.6. The molecule has 0 spiro atoms. The topological polar surface area (TPSA) is 105 Å². The summed E-state index contributed by atoms with van der Waals surface area (Å²) in [6.45, 7) is 0. The van der Waals surface area contributed by atoms with Gasteiger partial charge in [0.05, 0.1) is 12.4 Å². The van der Waals surface area contributed by atoms with Gasteiger partial charge in [0.15, 0.2) is 23.2 Å². The fraction of sp³-hybridized carbons (Fsp3) is 0.435. The number of hydrogen-bond donors (Lipinski definition) is 3. The van der Waals surface area contributed by atoms with Crippen LogP contribution in [0.25, 0.3) is 11.2 Å². The Balaban J connectivity index is 1.34. The van der Waals surface area contributed by atoms with Crippen LogP contribution in [0.2, 0.25) is 0 Å². The minimum atomic E-state index is -1.11. The number of ether oxygens (including phenoxy) is 1. The molecule has 0 unspecified atom stereocenters. The molecule has 0 bridgehead atoms. The molecule has 8 heteroatoms. The Morgan fingerprint density at radius 3 is 2.68 bits per heavy atom. The molecule has 2 aliphatic rings. The van der Waals surface area contributed by atoms with Crippen molar-refractivity contribution in [3.8, 4) is 11.8 Å². The van der Waals surface area contributed by atoms with Crippen LogP contribution in [-0.2, 0) is 4.74 Å². The van der Waals surface area contributed by atoms with Gasteiger partial charge in [-0.1, -0.05) is 42.9 Å². The van der Waals surface area contributed by atoms with Gasteiger partial charge < -0.3 is 20.3 Å². The molecule has 3 heterocycles. The first-order valence-electron chi connectivity index (χ1n) is 10.7. The summed E-state index contributed by atoms with van der Waals surface area (Å²) in [5.41, 5.74) is 2.08. The standard InChI is InChI=1S/C23H25N5O3/c29-19-17(12-6-9-15-7-2-1-3-8-15)31-23(20(19)30)28-14-26-18-21(24-13-25-22(18)28)27-16-10-4-5-11-16/h1-3,7-8,13-14,16-17,19-20,23,29-30H,4-5,10-12H2,(H,24,25,27)/t17-,19-,20-,23-/m1/s1. The van der Waals surface area contributed by atoms with Gasteiger partial charge in [-0.2, -0.15) is 0 Å². The smallest absolute Gasteiger partial charge is 0.167 e. The van der Waals surface area contributed by atoms with Gasteiger partial charge >= 0.3 is 0 Å². The fourth-order valence-corrected chi connectivity index (χ4v) is 4.31. The molecule has 1 aromatic carbocycles. The highest BCUT2D eigenvalue weighted by molar-refractivity contribution is 5.82. The summed E-state index contributed by atoms with van der Waals surface area (Å²) in [4.78, 5) is 13.2. The van der Waals surface area contributed by atoms with Crippen molar-refractivity contribution in [1.82, 2.24) is 19.5 Å². The summed E-state index contributed by atoms with van der Waals surface area (Å²) in [6, 6.07) is 10.0. The predicted octanol–water partition coefficient (Wildman–Crippen LogP) is 2.24. The fourth-order valence-electron chi connectivity index (χ4n) is 4.31. The predicted molar refractivity (Wildman–Crippen MR) is 115 cm³/mol. The number of imidazole rings is 1. The first kappa shape index (κ1) is 19.9. The Morgan fingerprint density at radius 2 is 1.87 bits per heavy atom. The molecule has 1 saturated carbocycles. The van der Waals surface area contributed by atoms with E-state index in [4.69, 9.17) is 4.74 Å². The second-order valence-electron chi connectivity index (χ2n) is 8.09. The lowest BCUT2D eigenvalue weighted by atomic mass is 10.1. The van der Waals surface area contributed by atoms with Crippen LogP contribution in [0.4, 0.5) is 5.82 Å². The molecule has 8 nitrogen and oxygen atoms in total. The van der Waals surface area contributed by atoms with Crippen LogP contribution in [-0.4, -0.2) is 54.1 Å². The first-order valence-corrected chi connectivity index (χ1v) is 10.7. The molecule has 4 atom stereocenters. The molecule has 3 aromatic rings. The van der Waals surface area contributed by atoms with E-state index in [9.17, 15) is 10.2 Å². The molecule has 1 aliphatic heterocycles. The highest BCUT2D eigenvalue weighted by atomic mass is 16.6. The van der Waals surface area contributed by atoms with Gasteiger partial charge in [-0.25, -0.2) is 15.0 Å². The van der Waals surface area contributed by atoms with Crippen molar-refractivity contribution in [2.75, 3.05) is 5.32 Å². The Kier molecular flexibility index (Phi) is 5.55. The molecule has 31 heavy (non-hydrogen) atoms. The van der Waals surface area contributed by atoms with Crippen molar-refractivity contribution in [3.05, 3.63) is 48.5 Å². The van der Waals surface area contributed by atoms with Gasteiger partial charge in [0.25, 0.3) is 0 Å². The molecule has 3 N–H and O–H groups in total. The number of benzene rings is 1. The number of aliphatic hydroxyl groups is 2. The number of aromatic nitrogens is 4. The second-order valence-corrected chi connectivity index (χ2v) is 8.09. The van der Waals surface area contributed by atoms with Crippen LogP contribution < -0.4 is 5.32 Å². The minimum absolute atomic E-state index is 0.305. The monoisotopic (exact) mass is 419 g/mol. The van der Waals surface area contributed by atoms with Crippen LogP contribution in [0.15, 0.2) is 43.0 Å². The van der Waals surface area contributed by atoms with Gasteiger partial charge in [-0.3, -0.25) is 4.57 Å². The van der Waals surface area contributed by atoms with Crippen molar-refractivity contribution >= 4 is 17.0 Å². The molecule has 1 saturated heterocycles. The van der Waals surface area contributed by atoms with E-state index in [1.165, 1.54) is 19.2 Å². The maximum absolute atomic E-state index is 10.6. The zero-order valence-corrected chi connectivity index (χ0v) is 17.1. The Hall–Kier alpha value is -2.99. The van der Waals surface area contributed by atoms with E-state index in [0.29, 0.717) is 29.4 Å². The third kappa shape index (κ3) is 4.00. The number of rotatable bonds is 4. The molecular weight excluding hydrogens is 394 g/mol. The normalized spacial score (nSPS) is 26.1. The van der Waals surface area contributed by atoms with Crippen LogP contribution in [0.1, 0.15) is 43.9 Å². The quantitative estimate of drug-likeness (QED) is 0.557. The van der Waals surface area contributed by atoms with Crippen molar-refractivity contribution in [1.29, 1.82) is 0 Å². The Bertz CT molecular complexity index is 1100. The number of aliphatic hydroxyl groups excluding tert-OH is 2. The largest absolute Gasteiger partial charge is 0.387 e. The molecule has 2 aromatic heterocycles. The van der Waals surface area contributed by atoms with Gasteiger partial charge in [0, 0.05) is 18.0 Å². The van der Waals surface area contributed by atoms with E-state index in [1.54, 1.807) is 10.9 Å². The second kappa shape index (κ2) is 8.63. The molecule has 160 valence electrons. The van der Waals surface area contributed by atoms with Crippen molar-refractivity contribution in [2.24, 2.45) is 0 Å². The third-order valence-electron chi connectivity index (χ3n) is 5.98. The number of nitrogens with zero attached hydrogens (tertiary/aromatic N) is 4. The summed E-state index contributed by atoms with van der Waals surface area (Å²) in [6.07, 6.45) is 4.49. The molecular formula is C23H25N5O3. The highest BCUT2D eigenvalue weighted by Gasteiger charge is 2.44. The van der Waals surface area contributed by atoms with Crippen LogP contribution in [0.5, 0.6) is 0 Å². The maximum atomic E-state index is 10.6. The minimum Gasteiger partial charge on any atom is -0.387 e. The number of hydrogen-bond acceptors (Lipinski definition) is 7. The van der Waals surface area contributed by atoms with Gasteiger partial charge in [-0.05, 0) is 25.0 Å². The lowest BCUT2D eigenvalue weighted by molar-refractivity contribution is -0.0332. The van der Waals surface area contributed by atoms with E-state index in [0.717, 1.165) is 18.4 Å².